The Bertz CT molecular complexity index is 1270. The monoisotopic (exact) mass is 521 g/mol. The van der Waals surface area contributed by atoms with Crippen molar-refractivity contribution in [3.63, 3.8) is 0 Å². The minimum Gasteiger partial charge on any atom is -0.395 e. The molecule has 2 fully saturated rings. The molecule has 2 aliphatic rings. The van der Waals surface area contributed by atoms with Crippen molar-refractivity contribution in [2.75, 3.05) is 18.5 Å². The molecule has 2 aromatic rings. The minimum atomic E-state index is -1.90. The zero-order chi connectivity index (χ0) is 27.1. The van der Waals surface area contributed by atoms with E-state index in [1.165, 1.54) is 19.1 Å². The van der Waals surface area contributed by atoms with E-state index in [1.807, 2.05) is 0 Å². The topological polar surface area (TPSA) is 113 Å². The molecule has 2 bridgehead atoms. The number of rotatable bonds is 8. The van der Waals surface area contributed by atoms with Crippen molar-refractivity contribution >= 4 is 23.3 Å². The highest BCUT2D eigenvalue weighted by Crippen LogP contribution is 2.47. The first-order valence-corrected chi connectivity index (χ1v) is 11.9. The van der Waals surface area contributed by atoms with Crippen LogP contribution in [0.15, 0.2) is 24.3 Å². The summed E-state index contributed by atoms with van der Waals surface area (Å²) in [6.45, 7) is 1.35. The Morgan fingerprint density at radius 1 is 1.14 bits per heavy atom. The standard InChI is InChI=1S/C26H27F4N3O4/c1-13-8-16(2-3-19(13)27)32-25(37)18-10-14(21(28)23(30)22(18)29)11-20(35)26-5-4-17(33(26)6-7-34)9-15(12-26)24(31)36/h2-3,8,10,15,17,34H,4-7,9,11-12H2,1H3,(H2,31,36)(H,32,37). The Morgan fingerprint density at radius 2 is 1.86 bits per heavy atom. The summed E-state index contributed by atoms with van der Waals surface area (Å²) in [5.41, 5.74) is 3.26. The molecule has 2 heterocycles. The Hall–Kier alpha value is -3.31. The number of aliphatic hydroxyl groups is 1. The fourth-order valence-corrected chi connectivity index (χ4v) is 5.68. The molecule has 0 radical (unpaired) electrons. The van der Waals surface area contributed by atoms with E-state index in [0.29, 0.717) is 19.3 Å². The number of ketones is 1. The molecular weight excluding hydrogens is 494 g/mol. The van der Waals surface area contributed by atoms with Gasteiger partial charge in [-0.15, -0.1) is 0 Å². The van der Waals surface area contributed by atoms with E-state index in [2.05, 4.69) is 5.32 Å². The molecule has 7 nitrogen and oxygen atoms in total. The largest absolute Gasteiger partial charge is 0.395 e. The van der Waals surface area contributed by atoms with Crippen molar-refractivity contribution in [1.82, 2.24) is 4.90 Å². The normalized spacial score (nSPS) is 23.2. The second kappa shape index (κ2) is 10.2. The third-order valence-electron chi connectivity index (χ3n) is 7.52. The fraction of sp³-hybridized carbons (Fsp3) is 0.423. The highest BCUT2D eigenvalue weighted by molar-refractivity contribution is 6.05. The van der Waals surface area contributed by atoms with E-state index in [0.717, 1.165) is 12.1 Å². The minimum absolute atomic E-state index is 0.0697. The third kappa shape index (κ3) is 4.85. The van der Waals surface area contributed by atoms with Gasteiger partial charge >= 0.3 is 0 Å². The van der Waals surface area contributed by atoms with Crippen LogP contribution in [0.25, 0.3) is 0 Å². The molecule has 11 heteroatoms. The SMILES string of the molecule is Cc1cc(NC(=O)c2cc(CC(=O)C34CCC(CC(C(N)=O)C3)N4CCO)c(F)c(F)c2F)ccc1F. The van der Waals surface area contributed by atoms with Crippen LogP contribution in [0.2, 0.25) is 0 Å². The number of halogens is 4. The van der Waals surface area contributed by atoms with Gasteiger partial charge in [0.15, 0.2) is 23.2 Å². The number of aryl methyl sites for hydroxylation is 1. The van der Waals surface area contributed by atoms with Crippen molar-refractivity contribution in [3.05, 3.63) is 64.2 Å². The number of carbonyl (C=O) groups excluding carboxylic acids is 3. The van der Waals surface area contributed by atoms with Crippen molar-refractivity contribution < 1.29 is 37.1 Å². The van der Waals surface area contributed by atoms with Crippen LogP contribution in [0, 0.1) is 36.1 Å². The van der Waals surface area contributed by atoms with Crippen LogP contribution in [-0.4, -0.2) is 52.3 Å². The van der Waals surface area contributed by atoms with Gasteiger partial charge in [0.1, 0.15) is 5.82 Å². The maximum absolute atomic E-state index is 14.8. The van der Waals surface area contributed by atoms with Gasteiger partial charge in [0, 0.05) is 30.6 Å². The maximum atomic E-state index is 14.8. The number of nitrogens with one attached hydrogen (secondary N) is 1. The van der Waals surface area contributed by atoms with E-state index >= 15 is 0 Å². The summed E-state index contributed by atoms with van der Waals surface area (Å²) in [4.78, 5) is 40.0. The van der Waals surface area contributed by atoms with Crippen molar-refractivity contribution in [2.24, 2.45) is 11.7 Å². The second-order valence-corrected chi connectivity index (χ2v) is 9.72. The van der Waals surface area contributed by atoms with Gasteiger partial charge in [-0.05, 0) is 68.0 Å². The highest BCUT2D eigenvalue weighted by atomic mass is 19.2. The van der Waals surface area contributed by atoms with Gasteiger partial charge in [-0.25, -0.2) is 17.6 Å². The number of β-amino-alcohol motifs (C(OH)–C–C–N with tert-alkyl or cyclic N) is 1. The summed E-state index contributed by atoms with van der Waals surface area (Å²) in [6.07, 6.45) is 0.722. The van der Waals surface area contributed by atoms with Gasteiger partial charge in [-0.3, -0.25) is 19.3 Å². The number of aliphatic hydroxyl groups excluding tert-OH is 1. The molecule has 0 saturated carbocycles. The van der Waals surface area contributed by atoms with E-state index in [9.17, 15) is 37.1 Å². The number of Topliss-reactive ketones (excluding diaryl/α,β-unsaturated/α-hetero) is 1. The van der Waals surface area contributed by atoms with Gasteiger partial charge in [-0.1, -0.05) is 0 Å². The quantitative estimate of drug-likeness (QED) is 0.365. The fourth-order valence-electron chi connectivity index (χ4n) is 5.68. The number of primary amides is 1. The summed E-state index contributed by atoms with van der Waals surface area (Å²) in [7, 11) is 0. The molecule has 3 atom stereocenters. The van der Waals surface area contributed by atoms with Crippen LogP contribution in [0.3, 0.4) is 0 Å². The van der Waals surface area contributed by atoms with Gasteiger partial charge in [-0.2, -0.15) is 0 Å². The lowest BCUT2D eigenvalue weighted by molar-refractivity contribution is -0.137. The van der Waals surface area contributed by atoms with E-state index in [-0.39, 0.29) is 36.9 Å². The molecule has 198 valence electrons. The van der Waals surface area contributed by atoms with Gasteiger partial charge in [0.25, 0.3) is 5.91 Å². The first-order chi connectivity index (χ1) is 17.5. The summed E-state index contributed by atoms with van der Waals surface area (Å²) in [5, 5.41) is 11.9. The lowest BCUT2D eigenvalue weighted by Crippen LogP contribution is -2.59. The van der Waals surface area contributed by atoms with Crippen molar-refractivity contribution in [1.29, 1.82) is 0 Å². The molecular formula is C26H27F4N3O4. The molecule has 2 amide bonds. The number of hydrogen-bond donors (Lipinski definition) is 3. The Labute approximate surface area is 210 Å². The van der Waals surface area contributed by atoms with Crippen LogP contribution in [-0.2, 0) is 16.0 Å². The van der Waals surface area contributed by atoms with Gasteiger partial charge in [0.05, 0.1) is 17.7 Å². The Morgan fingerprint density at radius 3 is 2.51 bits per heavy atom. The predicted molar refractivity (Wildman–Crippen MR) is 126 cm³/mol. The first-order valence-electron chi connectivity index (χ1n) is 11.9. The second-order valence-electron chi connectivity index (χ2n) is 9.72. The third-order valence-corrected chi connectivity index (χ3v) is 7.52. The molecule has 0 aliphatic carbocycles. The zero-order valence-corrected chi connectivity index (χ0v) is 20.1. The Balaban J connectivity index is 1.65. The summed E-state index contributed by atoms with van der Waals surface area (Å²) in [5.74, 6) is -8.56. The number of fused-ring (bicyclic) bond motifs is 2. The summed E-state index contributed by atoms with van der Waals surface area (Å²) in [6, 6.07) is 4.21. The number of nitrogens with two attached hydrogens (primary N) is 1. The number of benzene rings is 2. The average molecular weight is 522 g/mol. The number of amides is 2. The van der Waals surface area contributed by atoms with E-state index in [1.54, 1.807) is 4.90 Å². The lowest BCUT2D eigenvalue weighted by atomic mass is 9.76. The molecule has 2 aliphatic heterocycles. The lowest BCUT2D eigenvalue weighted by Gasteiger charge is -2.46. The Kier molecular flexibility index (Phi) is 7.38. The molecule has 2 saturated heterocycles. The van der Waals surface area contributed by atoms with Gasteiger partial charge < -0.3 is 16.2 Å². The molecule has 2 aromatic carbocycles. The summed E-state index contributed by atoms with van der Waals surface area (Å²) >= 11 is 0. The predicted octanol–water partition coefficient (Wildman–Crippen LogP) is 3.01. The average Bonchev–Trinajstić information content (AvgIpc) is 3.06. The molecule has 4 rings (SSSR count). The van der Waals surface area contributed by atoms with Crippen LogP contribution in [0.1, 0.15) is 47.2 Å². The first kappa shape index (κ1) is 26.7. The molecule has 0 spiro atoms. The zero-order valence-electron chi connectivity index (χ0n) is 20.1. The van der Waals surface area contributed by atoms with E-state index in [4.69, 9.17) is 5.73 Å². The smallest absolute Gasteiger partial charge is 0.258 e. The maximum Gasteiger partial charge on any atom is 0.258 e. The number of piperidine rings is 1. The van der Waals surface area contributed by atoms with E-state index < -0.39 is 69.9 Å². The molecule has 37 heavy (non-hydrogen) atoms. The highest BCUT2D eigenvalue weighted by Gasteiger charge is 2.56. The number of carbonyl (C=O) groups is 3. The van der Waals surface area contributed by atoms with Crippen molar-refractivity contribution in [2.45, 2.75) is 50.6 Å². The molecule has 3 unspecified atom stereocenters. The van der Waals surface area contributed by atoms with Crippen LogP contribution < -0.4 is 11.1 Å². The van der Waals surface area contributed by atoms with Crippen LogP contribution in [0.4, 0.5) is 23.2 Å². The molecule has 4 N–H and O–H groups in total. The number of hydrogen-bond acceptors (Lipinski definition) is 5. The number of anilines is 1. The molecule has 0 aromatic heterocycles. The van der Waals surface area contributed by atoms with Crippen LogP contribution >= 0.6 is 0 Å². The van der Waals surface area contributed by atoms with Crippen LogP contribution in [0.5, 0.6) is 0 Å². The summed E-state index contributed by atoms with van der Waals surface area (Å²) < 4.78 is 57.4. The number of nitrogens with zero attached hydrogens (tertiary/aromatic N) is 1. The van der Waals surface area contributed by atoms with Crippen molar-refractivity contribution in [3.8, 4) is 0 Å². The van der Waals surface area contributed by atoms with Gasteiger partial charge in [0.2, 0.25) is 5.91 Å².